The molecule has 5 nitrogen and oxygen atoms in total. The number of aryl methyl sites for hydroxylation is 1. The summed E-state index contributed by atoms with van der Waals surface area (Å²) in [6, 6.07) is 0.0609. The lowest BCUT2D eigenvalue weighted by Gasteiger charge is -2.12. The molecule has 0 unspecified atom stereocenters. The predicted molar refractivity (Wildman–Crippen MR) is 69.2 cm³/mol. The minimum absolute atomic E-state index is 0.0224. The third-order valence-electron chi connectivity index (χ3n) is 2.90. The molecule has 1 aromatic heterocycles. The quantitative estimate of drug-likeness (QED) is 0.881. The first-order chi connectivity index (χ1) is 8.38. The van der Waals surface area contributed by atoms with Crippen LogP contribution in [0.4, 0.5) is 0 Å². The number of sulfone groups is 1. The average Bonchev–Trinajstić information content (AvgIpc) is 3.00. The fourth-order valence-corrected chi connectivity index (χ4v) is 3.98. The number of carbonyl (C=O) groups is 1. The topological polar surface area (TPSA) is 76.1 Å². The van der Waals surface area contributed by atoms with Crippen LogP contribution in [0.3, 0.4) is 0 Å². The zero-order chi connectivity index (χ0) is 13.3. The Morgan fingerprint density at radius 3 is 2.78 bits per heavy atom. The molecule has 7 heteroatoms. The summed E-state index contributed by atoms with van der Waals surface area (Å²) in [5.41, 5.74) is 0.658. The second-order valence-electron chi connectivity index (χ2n) is 4.71. The molecule has 1 N–H and O–H groups in total. The Kier molecular flexibility index (Phi) is 3.72. The number of hydrogen-bond acceptors (Lipinski definition) is 5. The van der Waals surface area contributed by atoms with Gasteiger partial charge < -0.3 is 5.32 Å². The Morgan fingerprint density at radius 1 is 1.61 bits per heavy atom. The zero-order valence-electron chi connectivity index (χ0n) is 10.3. The van der Waals surface area contributed by atoms with Crippen molar-refractivity contribution in [2.24, 2.45) is 5.92 Å². The maximum Gasteiger partial charge on any atom is 0.235 e. The first-order valence-electron chi connectivity index (χ1n) is 5.83. The summed E-state index contributed by atoms with van der Waals surface area (Å²) in [4.78, 5) is 15.6. The van der Waals surface area contributed by atoms with E-state index in [1.54, 1.807) is 12.3 Å². The highest BCUT2D eigenvalue weighted by Gasteiger charge is 2.30. The van der Waals surface area contributed by atoms with Gasteiger partial charge in [-0.05, 0) is 32.6 Å². The van der Waals surface area contributed by atoms with Crippen molar-refractivity contribution in [1.29, 1.82) is 0 Å². The van der Waals surface area contributed by atoms with Gasteiger partial charge in [-0.15, -0.1) is 11.3 Å². The molecule has 1 atom stereocenters. The molecule has 1 fully saturated rings. The van der Waals surface area contributed by atoms with E-state index in [1.807, 2.05) is 6.92 Å². The maximum atomic E-state index is 11.9. The Balaban J connectivity index is 1.97. The molecule has 0 bridgehead atoms. The summed E-state index contributed by atoms with van der Waals surface area (Å²) < 4.78 is 23.8. The largest absolute Gasteiger partial charge is 0.352 e. The van der Waals surface area contributed by atoms with E-state index in [0.29, 0.717) is 11.6 Å². The Bertz CT molecular complexity index is 546. The number of aromatic nitrogens is 1. The molecule has 0 radical (unpaired) electrons. The van der Waals surface area contributed by atoms with Crippen molar-refractivity contribution < 1.29 is 13.2 Å². The molecule has 100 valence electrons. The van der Waals surface area contributed by atoms with Gasteiger partial charge in [0.15, 0.2) is 0 Å². The van der Waals surface area contributed by atoms with Gasteiger partial charge in [0, 0.05) is 17.1 Å². The Labute approximate surface area is 111 Å². The molecule has 1 amide bonds. The second-order valence-corrected chi connectivity index (χ2v) is 7.73. The first-order valence-corrected chi connectivity index (χ1v) is 8.36. The number of thiazole rings is 1. The van der Waals surface area contributed by atoms with Gasteiger partial charge in [0.1, 0.15) is 5.75 Å². The fourth-order valence-electron chi connectivity index (χ4n) is 1.72. The van der Waals surface area contributed by atoms with Crippen LogP contribution in [-0.2, 0) is 14.6 Å². The third-order valence-corrected chi connectivity index (χ3v) is 5.97. The van der Waals surface area contributed by atoms with E-state index in [4.69, 9.17) is 0 Å². The molecule has 1 heterocycles. The van der Waals surface area contributed by atoms with Gasteiger partial charge in [0.05, 0.1) is 0 Å². The smallest absolute Gasteiger partial charge is 0.235 e. The highest BCUT2D eigenvalue weighted by molar-refractivity contribution is 7.93. The summed E-state index contributed by atoms with van der Waals surface area (Å²) >= 11 is 1.06. The second kappa shape index (κ2) is 4.97. The molecule has 1 saturated carbocycles. The minimum Gasteiger partial charge on any atom is -0.352 e. The van der Waals surface area contributed by atoms with Crippen molar-refractivity contribution in [2.75, 3.05) is 5.75 Å². The molecular weight excluding hydrogens is 272 g/mol. The molecule has 1 aromatic rings. The van der Waals surface area contributed by atoms with Crippen LogP contribution in [0.25, 0.3) is 0 Å². The maximum absolute atomic E-state index is 11.9. The van der Waals surface area contributed by atoms with Crippen molar-refractivity contribution in [3.8, 4) is 0 Å². The van der Waals surface area contributed by atoms with Crippen LogP contribution in [0, 0.1) is 12.8 Å². The first kappa shape index (κ1) is 13.5. The van der Waals surface area contributed by atoms with Gasteiger partial charge in [0.25, 0.3) is 0 Å². The highest BCUT2D eigenvalue weighted by atomic mass is 32.2. The molecular formula is C11H16N2O3S2. The lowest BCUT2D eigenvalue weighted by atomic mass is 10.2. The number of nitrogens with zero attached hydrogens (tertiary/aromatic N) is 1. The van der Waals surface area contributed by atoms with Crippen molar-refractivity contribution in [3.05, 3.63) is 11.1 Å². The summed E-state index contributed by atoms with van der Waals surface area (Å²) in [5, 5.41) is 4.40. The molecule has 0 saturated heterocycles. The molecule has 0 aliphatic heterocycles. The fraction of sp³-hybridized carbons (Fsp3) is 0.636. The van der Waals surface area contributed by atoms with Crippen LogP contribution < -0.4 is 5.32 Å². The summed E-state index contributed by atoms with van der Waals surface area (Å²) in [5.74, 6) is -0.446. The van der Waals surface area contributed by atoms with Crippen molar-refractivity contribution in [3.63, 3.8) is 0 Å². The monoisotopic (exact) mass is 288 g/mol. The van der Waals surface area contributed by atoms with Crippen LogP contribution in [0.1, 0.15) is 25.5 Å². The Morgan fingerprint density at radius 2 is 2.28 bits per heavy atom. The van der Waals surface area contributed by atoms with E-state index in [0.717, 1.165) is 24.2 Å². The standard InChI is InChI=1S/C11H16N2O3S2/c1-7-5-17-11(12-7)18(15,16)6-10(14)13-8(2)9-3-4-9/h5,8-9H,3-4,6H2,1-2H3,(H,13,14)/t8-/m1/s1. The molecule has 1 aliphatic rings. The van der Waals surface area contributed by atoms with Crippen molar-refractivity contribution >= 4 is 27.1 Å². The third kappa shape index (κ3) is 3.29. The van der Waals surface area contributed by atoms with E-state index < -0.39 is 21.5 Å². The number of rotatable bonds is 5. The van der Waals surface area contributed by atoms with Gasteiger partial charge in [-0.25, -0.2) is 13.4 Å². The van der Waals surface area contributed by atoms with E-state index >= 15 is 0 Å². The van der Waals surface area contributed by atoms with Gasteiger partial charge in [-0.2, -0.15) is 0 Å². The van der Waals surface area contributed by atoms with Gasteiger partial charge in [-0.1, -0.05) is 0 Å². The summed E-state index contributed by atoms with van der Waals surface area (Å²) in [7, 11) is -3.59. The van der Waals surface area contributed by atoms with Crippen LogP contribution in [0.15, 0.2) is 9.72 Å². The van der Waals surface area contributed by atoms with E-state index in [2.05, 4.69) is 10.3 Å². The summed E-state index contributed by atoms with van der Waals surface area (Å²) in [6.07, 6.45) is 2.22. The van der Waals surface area contributed by atoms with Crippen molar-refractivity contribution in [2.45, 2.75) is 37.1 Å². The highest BCUT2D eigenvalue weighted by Crippen LogP contribution is 2.32. The number of nitrogens with one attached hydrogen (secondary N) is 1. The molecule has 18 heavy (non-hydrogen) atoms. The number of carbonyl (C=O) groups excluding carboxylic acids is 1. The van der Waals surface area contributed by atoms with Crippen molar-refractivity contribution in [1.82, 2.24) is 10.3 Å². The predicted octanol–water partition coefficient (Wildman–Crippen LogP) is 1.14. The Hall–Kier alpha value is -0.950. The van der Waals surface area contributed by atoms with E-state index in [9.17, 15) is 13.2 Å². The van der Waals surface area contributed by atoms with E-state index in [-0.39, 0.29) is 10.4 Å². The minimum atomic E-state index is -3.59. The normalized spacial score (nSPS) is 17.4. The molecule has 1 aliphatic carbocycles. The SMILES string of the molecule is Cc1csc(S(=O)(=O)CC(=O)N[C@H](C)C2CC2)n1. The number of hydrogen-bond donors (Lipinski definition) is 1. The van der Waals surface area contributed by atoms with Crippen LogP contribution in [-0.4, -0.2) is 31.1 Å². The van der Waals surface area contributed by atoms with Gasteiger partial charge in [-0.3, -0.25) is 4.79 Å². The lowest BCUT2D eigenvalue weighted by molar-refractivity contribution is -0.119. The van der Waals surface area contributed by atoms with Crippen LogP contribution in [0.2, 0.25) is 0 Å². The zero-order valence-corrected chi connectivity index (χ0v) is 12.0. The summed E-state index contributed by atoms with van der Waals surface area (Å²) in [6.45, 7) is 3.64. The molecule has 2 rings (SSSR count). The van der Waals surface area contributed by atoms with Gasteiger partial charge >= 0.3 is 0 Å². The van der Waals surface area contributed by atoms with Gasteiger partial charge in [0.2, 0.25) is 20.1 Å². The lowest BCUT2D eigenvalue weighted by Crippen LogP contribution is -2.37. The van der Waals surface area contributed by atoms with Crippen LogP contribution >= 0.6 is 11.3 Å². The van der Waals surface area contributed by atoms with Crippen LogP contribution in [0.5, 0.6) is 0 Å². The van der Waals surface area contributed by atoms with E-state index in [1.165, 1.54) is 0 Å². The molecule has 0 aromatic carbocycles. The molecule has 0 spiro atoms. The average molecular weight is 288 g/mol. The number of amides is 1.